The van der Waals surface area contributed by atoms with Gasteiger partial charge in [0.15, 0.2) is 0 Å². The summed E-state index contributed by atoms with van der Waals surface area (Å²) in [6, 6.07) is 19.9. The number of hydrogen-bond acceptors (Lipinski definition) is 4. The van der Waals surface area contributed by atoms with Gasteiger partial charge in [-0.05, 0) is 53.1 Å². The Balaban J connectivity index is 1.57. The first-order chi connectivity index (χ1) is 16.6. The topological polar surface area (TPSA) is 49.9 Å². The van der Waals surface area contributed by atoms with Gasteiger partial charge < -0.3 is 14.5 Å². The predicted molar refractivity (Wildman–Crippen MR) is 137 cm³/mol. The van der Waals surface area contributed by atoms with E-state index in [0.29, 0.717) is 19.7 Å². The summed E-state index contributed by atoms with van der Waals surface area (Å²) in [6.07, 6.45) is 4.15. The molecule has 0 saturated carbocycles. The molecule has 6 heteroatoms. The molecule has 2 amide bonds. The summed E-state index contributed by atoms with van der Waals surface area (Å²) >= 11 is 1.75. The molecule has 176 valence electrons. The Morgan fingerprint density at radius 2 is 1.85 bits per heavy atom. The van der Waals surface area contributed by atoms with E-state index < -0.39 is 0 Å². The number of thiophene rings is 1. The fourth-order valence-electron chi connectivity index (χ4n) is 4.37. The molecule has 1 unspecified atom stereocenters. The van der Waals surface area contributed by atoms with Crippen LogP contribution in [0.4, 0.5) is 0 Å². The number of fused-ring (bicyclic) bond motifs is 1. The average Bonchev–Trinajstić information content (AvgIpc) is 3.34. The lowest BCUT2D eigenvalue weighted by atomic mass is 9.90. The van der Waals surface area contributed by atoms with Crippen molar-refractivity contribution in [1.29, 1.82) is 0 Å². The van der Waals surface area contributed by atoms with E-state index >= 15 is 0 Å². The number of amides is 2. The molecule has 0 radical (unpaired) electrons. The molecular weight excluding hydrogens is 444 g/mol. The highest BCUT2D eigenvalue weighted by molar-refractivity contribution is 7.10. The van der Waals surface area contributed by atoms with E-state index in [1.54, 1.807) is 29.4 Å². The molecule has 1 aromatic heterocycles. The molecular formula is C28H30N2O3S. The third-order valence-electron chi connectivity index (χ3n) is 6.19. The van der Waals surface area contributed by atoms with Crippen molar-refractivity contribution < 1.29 is 14.3 Å². The number of methoxy groups -OCH3 is 1. The summed E-state index contributed by atoms with van der Waals surface area (Å²) in [5.74, 6) is -0.252. The molecule has 3 aromatic rings. The summed E-state index contributed by atoms with van der Waals surface area (Å²) in [5, 5.41) is 2.10. The highest BCUT2D eigenvalue weighted by Crippen LogP contribution is 2.39. The van der Waals surface area contributed by atoms with Crippen molar-refractivity contribution in [1.82, 2.24) is 9.80 Å². The normalized spacial score (nSPS) is 15.4. The zero-order valence-corrected chi connectivity index (χ0v) is 20.5. The fraction of sp³-hybridized carbons (Fsp3) is 0.286. The maximum atomic E-state index is 13.6. The van der Waals surface area contributed by atoms with Crippen LogP contribution in [0.15, 0.2) is 72.1 Å². The largest absolute Gasteiger partial charge is 0.383 e. The van der Waals surface area contributed by atoms with Crippen LogP contribution in [0.1, 0.15) is 33.2 Å². The van der Waals surface area contributed by atoms with E-state index in [1.807, 2.05) is 47.4 Å². The molecule has 2 heterocycles. The number of carbonyl (C=O) groups excluding carboxylic acids is 2. The van der Waals surface area contributed by atoms with E-state index in [9.17, 15) is 9.59 Å². The average molecular weight is 475 g/mol. The van der Waals surface area contributed by atoms with Crippen LogP contribution in [0.3, 0.4) is 0 Å². The van der Waals surface area contributed by atoms with E-state index in [4.69, 9.17) is 4.74 Å². The van der Waals surface area contributed by atoms with Crippen LogP contribution >= 0.6 is 11.3 Å². The molecule has 1 aliphatic heterocycles. The van der Waals surface area contributed by atoms with Gasteiger partial charge in [-0.3, -0.25) is 9.59 Å². The summed E-state index contributed by atoms with van der Waals surface area (Å²) in [4.78, 5) is 31.5. The smallest absolute Gasteiger partial charge is 0.247 e. The monoisotopic (exact) mass is 474 g/mol. The van der Waals surface area contributed by atoms with Gasteiger partial charge in [0.25, 0.3) is 0 Å². The molecule has 0 bridgehead atoms. The van der Waals surface area contributed by atoms with Crippen LogP contribution in [0.2, 0.25) is 0 Å². The summed E-state index contributed by atoms with van der Waals surface area (Å²) in [7, 11) is 1.60. The Bertz CT molecular complexity index is 1160. The lowest BCUT2D eigenvalue weighted by Gasteiger charge is -2.38. The van der Waals surface area contributed by atoms with Gasteiger partial charge in [-0.2, -0.15) is 0 Å². The SMILES string of the molecule is COCCN(CC(=O)N1CCc2sccc2C1c1ccccc1C)C(=O)/C=C/c1ccccc1. The van der Waals surface area contributed by atoms with Crippen LogP contribution in [0, 0.1) is 6.92 Å². The predicted octanol–water partition coefficient (Wildman–Crippen LogP) is 4.72. The van der Waals surface area contributed by atoms with Crippen molar-refractivity contribution in [2.45, 2.75) is 19.4 Å². The molecule has 0 saturated heterocycles. The van der Waals surface area contributed by atoms with Gasteiger partial charge in [0.05, 0.1) is 12.6 Å². The van der Waals surface area contributed by atoms with Crippen LogP contribution in [-0.2, 0) is 20.7 Å². The minimum absolute atomic E-state index is 0.0170. The molecule has 0 aliphatic carbocycles. The Hall–Kier alpha value is -3.22. The number of benzene rings is 2. The number of carbonyl (C=O) groups is 2. The van der Waals surface area contributed by atoms with E-state index in [0.717, 1.165) is 23.1 Å². The summed E-state index contributed by atoms with van der Waals surface area (Å²) in [6.45, 7) is 3.46. The lowest BCUT2D eigenvalue weighted by Crippen LogP contribution is -2.47. The quantitative estimate of drug-likeness (QED) is 0.444. The van der Waals surface area contributed by atoms with Gasteiger partial charge in [-0.1, -0.05) is 54.6 Å². The number of rotatable bonds is 8. The zero-order valence-electron chi connectivity index (χ0n) is 19.6. The van der Waals surface area contributed by atoms with Gasteiger partial charge in [0.2, 0.25) is 11.8 Å². The van der Waals surface area contributed by atoms with Gasteiger partial charge in [-0.25, -0.2) is 0 Å². The molecule has 5 nitrogen and oxygen atoms in total. The third kappa shape index (κ3) is 5.46. The summed E-state index contributed by atoms with van der Waals surface area (Å²) < 4.78 is 5.21. The van der Waals surface area contributed by atoms with Crippen molar-refractivity contribution in [3.63, 3.8) is 0 Å². The minimum atomic E-state index is -0.199. The maximum absolute atomic E-state index is 13.6. The van der Waals surface area contributed by atoms with Gasteiger partial charge in [-0.15, -0.1) is 11.3 Å². The number of hydrogen-bond donors (Lipinski definition) is 0. The molecule has 4 rings (SSSR count). The van der Waals surface area contributed by atoms with Crippen LogP contribution in [0.25, 0.3) is 6.08 Å². The Morgan fingerprint density at radius 1 is 1.09 bits per heavy atom. The molecule has 1 aliphatic rings. The minimum Gasteiger partial charge on any atom is -0.383 e. The van der Waals surface area contributed by atoms with Crippen LogP contribution in [-0.4, -0.2) is 55.0 Å². The Morgan fingerprint density at radius 3 is 2.62 bits per heavy atom. The molecule has 2 aromatic carbocycles. The first kappa shape index (κ1) is 23.9. The number of aryl methyl sites for hydroxylation is 1. The second kappa shape index (κ2) is 11.3. The molecule has 0 spiro atoms. The van der Waals surface area contributed by atoms with Gasteiger partial charge in [0, 0.05) is 31.2 Å². The van der Waals surface area contributed by atoms with Crippen LogP contribution in [0.5, 0.6) is 0 Å². The van der Waals surface area contributed by atoms with E-state index in [2.05, 4.69) is 30.5 Å². The zero-order chi connectivity index (χ0) is 23.9. The molecule has 1 atom stereocenters. The highest BCUT2D eigenvalue weighted by atomic mass is 32.1. The second-order valence-corrected chi connectivity index (χ2v) is 9.39. The van der Waals surface area contributed by atoms with E-state index in [1.165, 1.54) is 16.5 Å². The van der Waals surface area contributed by atoms with Crippen molar-refractivity contribution >= 4 is 29.2 Å². The van der Waals surface area contributed by atoms with Gasteiger partial charge in [0.1, 0.15) is 6.54 Å². The van der Waals surface area contributed by atoms with Crippen LogP contribution < -0.4 is 0 Å². The first-order valence-electron chi connectivity index (χ1n) is 11.5. The van der Waals surface area contributed by atoms with Crippen molar-refractivity contribution in [2.24, 2.45) is 0 Å². The first-order valence-corrected chi connectivity index (χ1v) is 12.4. The Labute approximate surface area is 205 Å². The van der Waals surface area contributed by atoms with Gasteiger partial charge >= 0.3 is 0 Å². The third-order valence-corrected chi connectivity index (χ3v) is 7.19. The van der Waals surface area contributed by atoms with Crippen molar-refractivity contribution in [3.05, 3.63) is 99.3 Å². The standard InChI is InChI=1S/C28H30N2O3S/c1-21-8-6-7-11-23(21)28-24-15-19-34-25(24)14-16-30(28)27(32)20-29(17-18-33-2)26(31)13-12-22-9-4-3-5-10-22/h3-13,15,19,28H,14,16-18,20H2,1-2H3/b13-12+. The van der Waals surface area contributed by atoms with Crippen molar-refractivity contribution in [3.8, 4) is 0 Å². The highest BCUT2D eigenvalue weighted by Gasteiger charge is 2.34. The molecule has 0 N–H and O–H groups in total. The summed E-state index contributed by atoms with van der Waals surface area (Å²) in [5.41, 5.74) is 4.42. The molecule has 34 heavy (non-hydrogen) atoms. The second-order valence-electron chi connectivity index (χ2n) is 8.39. The molecule has 0 fully saturated rings. The maximum Gasteiger partial charge on any atom is 0.247 e. The van der Waals surface area contributed by atoms with E-state index in [-0.39, 0.29) is 24.4 Å². The van der Waals surface area contributed by atoms with Crippen molar-refractivity contribution in [2.75, 3.05) is 33.4 Å². The fourth-order valence-corrected chi connectivity index (χ4v) is 5.28. The Kier molecular flexibility index (Phi) is 7.93. The lowest BCUT2D eigenvalue weighted by molar-refractivity contribution is -0.140. The number of ether oxygens (including phenoxy) is 1. The number of nitrogens with zero attached hydrogens (tertiary/aromatic N) is 2.